The van der Waals surface area contributed by atoms with E-state index in [4.69, 9.17) is 4.55 Å². The van der Waals surface area contributed by atoms with Crippen LogP contribution in [-0.4, -0.2) is 49.1 Å². The van der Waals surface area contributed by atoms with Crippen molar-refractivity contribution in [1.82, 2.24) is 0 Å². The van der Waals surface area contributed by atoms with E-state index in [1.54, 1.807) is 0 Å². The minimum absolute atomic E-state index is 0. The molecule has 7 heteroatoms. The Morgan fingerprint density at radius 2 is 2.10 bits per heavy atom. The van der Waals surface area contributed by atoms with E-state index in [0.29, 0.717) is 0 Å². The summed E-state index contributed by atoms with van der Waals surface area (Å²) in [5, 5.41) is 0. The summed E-state index contributed by atoms with van der Waals surface area (Å²) in [4.78, 5) is 3.89. The van der Waals surface area contributed by atoms with E-state index in [2.05, 4.69) is 15.8 Å². The van der Waals surface area contributed by atoms with Crippen molar-refractivity contribution in [2.24, 2.45) is 0 Å². The van der Waals surface area contributed by atoms with Gasteiger partial charge in [-0.1, -0.05) is 10.4 Å². The van der Waals surface area contributed by atoms with Gasteiger partial charge in [-0.2, -0.15) is 8.42 Å². The van der Waals surface area contributed by atoms with Crippen LogP contribution in [0.4, 0.5) is 0 Å². The maximum atomic E-state index is 9.68. The predicted molar refractivity (Wildman–Crippen MR) is 35.9 cm³/mol. The van der Waals surface area contributed by atoms with Gasteiger partial charge in [0.15, 0.2) is 0 Å². The molecule has 0 aromatic heterocycles. The average Bonchev–Trinajstić information content (AvgIpc) is 1.63. The fourth-order valence-electron chi connectivity index (χ4n) is 0.137. The van der Waals surface area contributed by atoms with Crippen molar-refractivity contribution < 1.29 is 22.2 Å². The predicted octanol–water partition coefficient (Wildman–Crippen LogP) is -0.725. The van der Waals surface area contributed by atoms with Gasteiger partial charge in [0, 0.05) is 0 Å². The third kappa shape index (κ3) is 11.4. The van der Waals surface area contributed by atoms with Crippen molar-refractivity contribution >= 4 is 40.0 Å². The van der Waals surface area contributed by atoms with Gasteiger partial charge in [-0.25, -0.2) is 4.89 Å². The molecule has 0 saturated carbocycles. The first-order chi connectivity index (χ1) is 4.06. The number of hydrogen-bond acceptors (Lipinski definition) is 4. The minimum atomic E-state index is -4.47. The fourth-order valence-corrected chi connectivity index (χ4v) is 0.314. The Kier molecular flexibility index (Phi) is 8.29. The molecule has 0 saturated heterocycles. The summed E-state index contributed by atoms with van der Waals surface area (Å²) in [6.07, 6.45) is 1.27. The molecule has 0 radical (unpaired) electrons. The molecular formula is C3H7NaO5S. The summed E-state index contributed by atoms with van der Waals surface area (Å²) in [5.74, 6) is 0. The van der Waals surface area contributed by atoms with Gasteiger partial charge in [0.2, 0.25) is 0 Å². The second kappa shape index (κ2) is 6.29. The average molecular weight is 178 g/mol. The molecule has 0 aliphatic heterocycles. The molecule has 0 aliphatic carbocycles. The molecule has 0 unspecified atom stereocenters. The molecule has 0 spiro atoms. The molecule has 0 atom stereocenters. The van der Waals surface area contributed by atoms with Crippen molar-refractivity contribution in [2.75, 3.05) is 6.61 Å². The van der Waals surface area contributed by atoms with Gasteiger partial charge in [0.1, 0.15) is 6.61 Å². The van der Waals surface area contributed by atoms with Gasteiger partial charge >= 0.3 is 40.0 Å². The van der Waals surface area contributed by atoms with Gasteiger partial charge in [-0.3, -0.25) is 4.55 Å². The zero-order chi connectivity index (χ0) is 7.33. The molecule has 0 aromatic carbocycles. The van der Waals surface area contributed by atoms with Crippen LogP contribution in [0.1, 0.15) is 0 Å². The standard InChI is InChI=1S/C3H6O5S.Na.H/c1-2-3-7-8-9(4,5)6;;/h2H,1,3H2,(H,4,5,6);;. The van der Waals surface area contributed by atoms with Gasteiger partial charge in [-0.05, 0) is 0 Å². The van der Waals surface area contributed by atoms with Crippen LogP contribution in [0.25, 0.3) is 0 Å². The second-order valence-electron chi connectivity index (χ2n) is 1.07. The van der Waals surface area contributed by atoms with Crippen molar-refractivity contribution in [2.45, 2.75) is 0 Å². The molecule has 5 nitrogen and oxygen atoms in total. The molecule has 0 aromatic rings. The van der Waals surface area contributed by atoms with Crippen molar-refractivity contribution in [3.05, 3.63) is 12.7 Å². The van der Waals surface area contributed by atoms with E-state index in [-0.39, 0.29) is 36.2 Å². The summed E-state index contributed by atoms with van der Waals surface area (Å²) in [6.45, 7) is 3.10. The Labute approximate surface area is 81.2 Å². The molecular weight excluding hydrogens is 171 g/mol. The van der Waals surface area contributed by atoms with E-state index in [1.807, 2.05) is 0 Å². The second-order valence-corrected chi connectivity index (χ2v) is 2.06. The molecule has 10 heavy (non-hydrogen) atoms. The SMILES string of the molecule is C=CCOOS(=O)(=O)O.[NaH]. The van der Waals surface area contributed by atoms with E-state index in [0.717, 1.165) is 0 Å². The van der Waals surface area contributed by atoms with Crippen molar-refractivity contribution in [3.63, 3.8) is 0 Å². The van der Waals surface area contributed by atoms with Crippen LogP contribution in [0, 0.1) is 0 Å². The fraction of sp³-hybridized carbons (Fsp3) is 0.333. The number of hydrogen-bond donors (Lipinski definition) is 1. The van der Waals surface area contributed by atoms with Gasteiger partial charge in [-0.15, -0.1) is 6.58 Å². The van der Waals surface area contributed by atoms with Crippen molar-refractivity contribution in [3.8, 4) is 0 Å². The summed E-state index contributed by atoms with van der Waals surface area (Å²) >= 11 is 0. The Morgan fingerprint density at radius 1 is 1.60 bits per heavy atom. The molecule has 56 valence electrons. The van der Waals surface area contributed by atoms with Gasteiger partial charge in [0.05, 0.1) is 0 Å². The summed E-state index contributed by atoms with van der Waals surface area (Å²) in [5.41, 5.74) is 0. The van der Waals surface area contributed by atoms with E-state index < -0.39 is 10.4 Å². The summed E-state index contributed by atoms with van der Waals surface area (Å²) in [6, 6.07) is 0. The Bertz CT molecular complexity index is 173. The van der Waals surface area contributed by atoms with E-state index in [9.17, 15) is 8.42 Å². The Hall–Kier alpha value is 0.570. The number of rotatable bonds is 4. The van der Waals surface area contributed by atoms with E-state index >= 15 is 0 Å². The van der Waals surface area contributed by atoms with Crippen LogP contribution in [-0.2, 0) is 19.6 Å². The van der Waals surface area contributed by atoms with Crippen LogP contribution < -0.4 is 0 Å². The monoisotopic (exact) mass is 178 g/mol. The van der Waals surface area contributed by atoms with Crippen LogP contribution in [0.15, 0.2) is 12.7 Å². The first kappa shape index (κ1) is 13.2. The Balaban J connectivity index is 0. The van der Waals surface area contributed by atoms with Crippen molar-refractivity contribution in [1.29, 1.82) is 0 Å². The summed E-state index contributed by atoms with van der Waals surface area (Å²) < 4.78 is 30.6. The third-order valence-corrected chi connectivity index (χ3v) is 0.588. The molecule has 0 heterocycles. The van der Waals surface area contributed by atoms with Crippen LogP contribution in [0.2, 0.25) is 0 Å². The quantitative estimate of drug-likeness (QED) is 0.153. The Morgan fingerprint density at radius 3 is 2.40 bits per heavy atom. The molecule has 0 fully saturated rings. The third-order valence-electron chi connectivity index (χ3n) is 0.320. The normalized spacial score (nSPS) is 10.1. The molecule has 0 aliphatic rings. The zero-order valence-corrected chi connectivity index (χ0v) is 5.30. The maximum absolute atomic E-state index is 9.68. The van der Waals surface area contributed by atoms with Crippen LogP contribution in [0.5, 0.6) is 0 Å². The first-order valence-corrected chi connectivity index (χ1v) is 3.32. The first-order valence-electron chi connectivity index (χ1n) is 1.95. The van der Waals surface area contributed by atoms with E-state index in [1.165, 1.54) is 6.08 Å². The molecule has 0 rings (SSSR count). The molecule has 0 bridgehead atoms. The summed E-state index contributed by atoms with van der Waals surface area (Å²) in [7, 11) is -4.47. The zero-order valence-electron chi connectivity index (χ0n) is 4.48. The topological polar surface area (TPSA) is 72.8 Å². The van der Waals surface area contributed by atoms with Gasteiger partial charge < -0.3 is 0 Å². The van der Waals surface area contributed by atoms with Crippen LogP contribution in [0.3, 0.4) is 0 Å². The van der Waals surface area contributed by atoms with Crippen LogP contribution >= 0.6 is 0 Å². The molecule has 1 N–H and O–H groups in total. The van der Waals surface area contributed by atoms with Gasteiger partial charge in [0.25, 0.3) is 0 Å². The molecule has 0 amide bonds.